The third-order valence-electron chi connectivity index (χ3n) is 4.10. The topological polar surface area (TPSA) is 61.8 Å². The molecule has 0 spiro atoms. The van der Waals surface area contributed by atoms with Crippen molar-refractivity contribution in [2.24, 2.45) is 0 Å². The van der Waals surface area contributed by atoms with Gasteiger partial charge < -0.3 is 14.2 Å². The fraction of sp³-hybridized carbons (Fsp3) is 0.304. The minimum atomic E-state index is -0.391. The van der Waals surface area contributed by atoms with Gasteiger partial charge in [-0.25, -0.2) is 9.59 Å². The number of hydrogen-bond acceptors (Lipinski definition) is 5. The summed E-state index contributed by atoms with van der Waals surface area (Å²) in [6.07, 6.45) is 4.87. The van der Waals surface area contributed by atoms with Crippen LogP contribution in [-0.4, -0.2) is 25.2 Å². The predicted octanol–water partition coefficient (Wildman–Crippen LogP) is 4.88. The highest BCUT2D eigenvalue weighted by atomic mass is 16.5. The van der Waals surface area contributed by atoms with Crippen molar-refractivity contribution in [1.82, 2.24) is 0 Å². The predicted molar refractivity (Wildman–Crippen MR) is 108 cm³/mol. The van der Waals surface area contributed by atoms with Crippen molar-refractivity contribution in [2.45, 2.75) is 32.6 Å². The number of ether oxygens (including phenoxy) is 3. The molecule has 0 saturated carbocycles. The molecule has 0 atom stereocenters. The Morgan fingerprint density at radius 1 is 0.929 bits per heavy atom. The molecule has 0 aliphatic heterocycles. The van der Waals surface area contributed by atoms with Crippen molar-refractivity contribution in [2.75, 3.05) is 13.2 Å². The first kappa shape index (κ1) is 21.2. The zero-order valence-corrected chi connectivity index (χ0v) is 16.2. The average Bonchev–Trinajstić information content (AvgIpc) is 2.71. The van der Waals surface area contributed by atoms with Crippen LogP contribution in [0.15, 0.2) is 61.2 Å². The Morgan fingerprint density at radius 2 is 1.61 bits per heavy atom. The number of aryl methyl sites for hydroxylation is 1. The maximum absolute atomic E-state index is 12.2. The summed E-state index contributed by atoms with van der Waals surface area (Å²) in [6, 6.07) is 14.3. The minimum Gasteiger partial charge on any atom is -0.494 e. The van der Waals surface area contributed by atoms with Gasteiger partial charge in [0.1, 0.15) is 11.5 Å². The van der Waals surface area contributed by atoms with Gasteiger partial charge in [-0.1, -0.05) is 24.8 Å². The molecular formula is C23H26O5. The van der Waals surface area contributed by atoms with Gasteiger partial charge in [0.2, 0.25) is 0 Å². The number of hydrogen-bond donors (Lipinski definition) is 0. The van der Waals surface area contributed by atoms with Crippen molar-refractivity contribution >= 4 is 11.9 Å². The Kier molecular flexibility index (Phi) is 8.79. The van der Waals surface area contributed by atoms with E-state index < -0.39 is 5.97 Å². The molecule has 0 aliphatic rings. The van der Waals surface area contributed by atoms with E-state index in [1.165, 1.54) is 6.08 Å². The monoisotopic (exact) mass is 382 g/mol. The van der Waals surface area contributed by atoms with Crippen LogP contribution in [0, 0.1) is 6.92 Å². The van der Waals surface area contributed by atoms with Gasteiger partial charge in [-0.05, 0) is 68.5 Å². The number of carbonyl (C=O) groups is 2. The van der Waals surface area contributed by atoms with Crippen LogP contribution in [0.5, 0.6) is 11.5 Å². The Bertz CT molecular complexity index is 780. The molecule has 0 heterocycles. The standard InChI is InChI=1S/C23H26O5/c1-3-22(24)27-17-9-5-4-8-16-26-20-14-12-19(13-15-20)23(25)28-21-11-7-6-10-18(21)2/h3,6-7,10-15H,1,4-5,8-9,16-17H2,2H3. The summed E-state index contributed by atoms with van der Waals surface area (Å²) in [6.45, 7) is 6.26. The van der Waals surface area contributed by atoms with Crippen LogP contribution in [0.2, 0.25) is 0 Å². The van der Waals surface area contributed by atoms with Gasteiger partial charge in [-0.2, -0.15) is 0 Å². The number of esters is 2. The van der Waals surface area contributed by atoms with Crippen LogP contribution in [0.4, 0.5) is 0 Å². The molecule has 2 rings (SSSR count). The van der Waals surface area contributed by atoms with Crippen molar-refractivity contribution < 1.29 is 23.8 Å². The summed E-state index contributed by atoms with van der Waals surface area (Å²) in [4.78, 5) is 23.1. The number of rotatable bonds is 11. The van der Waals surface area contributed by atoms with Crippen molar-refractivity contribution in [3.05, 3.63) is 72.3 Å². The highest BCUT2D eigenvalue weighted by molar-refractivity contribution is 5.91. The molecule has 0 aliphatic carbocycles. The van der Waals surface area contributed by atoms with E-state index in [9.17, 15) is 9.59 Å². The van der Waals surface area contributed by atoms with Crippen LogP contribution < -0.4 is 9.47 Å². The molecule has 0 radical (unpaired) electrons. The number of unbranched alkanes of at least 4 members (excludes halogenated alkanes) is 3. The molecule has 0 bridgehead atoms. The Balaban J connectivity index is 1.66. The maximum Gasteiger partial charge on any atom is 0.343 e. The fourth-order valence-electron chi connectivity index (χ4n) is 2.50. The first-order valence-corrected chi connectivity index (χ1v) is 9.40. The lowest BCUT2D eigenvalue weighted by Crippen LogP contribution is -2.09. The molecule has 5 heteroatoms. The van der Waals surface area contributed by atoms with E-state index in [-0.39, 0.29) is 5.97 Å². The van der Waals surface area contributed by atoms with Crippen molar-refractivity contribution in [3.63, 3.8) is 0 Å². The molecule has 148 valence electrons. The molecular weight excluding hydrogens is 356 g/mol. The Morgan fingerprint density at radius 3 is 2.29 bits per heavy atom. The lowest BCUT2D eigenvalue weighted by atomic mass is 10.2. The maximum atomic E-state index is 12.2. The summed E-state index contributed by atoms with van der Waals surface area (Å²) < 4.78 is 16.0. The average molecular weight is 382 g/mol. The zero-order valence-electron chi connectivity index (χ0n) is 16.2. The first-order chi connectivity index (χ1) is 13.6. The summed E-state index contributed by atoms with van der Waals surface area (Å²) in [7, 11) is 0. The van der Waals surface area contributed by atoms with E-state index in [1.54, 1.807) is 30.3 Å². The molecule has 0 amide bonds. The summed E-state index contributed by atoms with van der Waals surface area (Å²) in [5, 5.41) is 0. The second-order valence-corrected chi connectivity index (χ2v) is 6.31. The molecule has 5 nitrogen and oxygen atoms in total. The second kappa shape index (κ2) is 11.6. The minimum absolute atomic E-state index is 0.380. The van der Waals surface area contributed by atoms with Gasteiger partial charge >= 0.3 is 11.9 Å². The molecule has 2 aromatic carbocycles. The van der Waals surface area contributed by atoms with Gasteiger partial charge in [0, 0.05) is 6.08 Å². The molecule has 0 saturated heterocycles. The molecule has 28 heavy (non-hydrogen) atoms. The van der Waals surface area contributed by atoms with E-state index in [4.69, 9.17) is 14.2 Å². The van der Waals surface area contributed by atoms with E-state index >= 15 is 0 Å². The largest absolute Gasteiger partial charge is 0.494 e. The normalized spacial score (nSPS) is 10.2. The van der Waals surface area contributed by atoms with Crippen molar-refractivity contribution in [1.29, 1.82) is 0 Å². The number of para-hydroxylation sites is 1. The van der Waals surface area contributed by atoms with Gasteiger partial charge in [0.15, 0.2) is 0 Å². The second-order valence-electron chi connectivity index (χ2n) is 6.31. The van der Waals surface area contributed by atoms with Crippen LogP contribution >= 0.6 is 0 Å². The van der Waals surface area contributed by atoms with Crippen LogP contribution in [0.25, 0.3) is 0 Å². The Hall–Kier alpha value is -3.08. The molecule has 0 fully saturated rings. The van der Waals surface area contributed by atoms with Crippen LogP contribution in [-0.2, 0) is 9.53 Å². The summed E-state index contributed by atoms with van der Waals surface area (Å²) in [5.74, 6) is 0.506. The number of benzene rings is 2. The third-order valence-corrected chi connectivity index (χ3v) is 4.10. The quantitative estimate of drug-likeness (QED) is 0.240. The number of carbonyl (C=O) groups excluding carboxylic acids is 2. The highest BCUT2D eigenvalue weighted by Crippen LogP contribution is 2.19. The van der Waals surface area contributed by atoms with E-state index in [2.05, 4.69) is 6.58 Å². The zero-order chi connectivity index (χ0) is 20.2. The lowest BCUT2D eigenvalue weighted by Gasteiger charge is -2.09. The van der Waals surface area contributed by atoms with Gasteiger partial charge in [0.05, 0.1) is 18.8 Å². The van der Waals surface area contributed by atoms with Crippen molar-refractivity contribution in [3.8, 4) is 11.5 Å². The van der Waals surface area contributed by atoms with Crippen LogP contribution in [0.1, 0.15) is 41.6 Å². The van der Waals surface area contributed by atoms with E-state index in [0.29, 0.717) is 30.3 Å². The van der Waals surface area contributed by atoms with Gasteiger partial charge in [0.25, 0.3) is 0 Å². The molecule has 0 aromatic heterocycles. The van der Waals surface area contributed by atoms with Gasteiger partial charge in [-0.15, -0.1) is 0 Å². The summed E-state index contributed by atoms with van der Waals surface area (Å²) >= 11 is 0. The van der Waals surface area contributed by atoms with E-state index in [0.717, 1.165) is 31.2 Å². The lowest BCUT2D eigenvalue weighted by molar-refractivity contribution is -0.137. The van der Waals surface area contributed by atoms with Crippen LogP contribution in [0.3, 0.4) is 0 Å². The van der Waals surface area contributed by atoms with Gasteiger partial charge in [-0.3, -0.25) is 0 Å². The highest BCUT2D eigenvalue weighted by Gasteiger charge is 2.10. The SMILES string of the molecule is C=CC(=O)OCCCCCCOc1ccc(C(=O)Oc2ccccc2C)cc1. The molecule has 2 aromatic rings. The summed E-state index contributed by atoms with van der Waals surface area (Å²) in [5.41, 5.74) is 1.39. The van der Waals surface area contributed by atoms with E-state index in [1.807, 2.05) is 25.1 Å². The first-order valence-electron chi connectivity index (χ1n) is 9.40. The Labute approximate surface area is 165 Å². The molecule has 0 unspecified atom stereocenters. The fourth-order valence-corrected chi connectivity index (χ4v) is 2.50. The third kappa shape index (κ3) is 7.27. The smallest absolute Gasteiger partial charge is 0.343 e. The molecule has 0 N–H and O–H groups in total.